The predicted octanol–water partition coefficient (Wildman–Crippen LogP) is -0.810. The van der Waals surface area contributed by atoms with Crippen molar-refractivity contribution < 1.29 is 29.3 Å². The van der Waals surface area contributed by atoms with Crippen molar-refractivity contribution in [2.45, 2.75) is 6.10 Å². The molecule has 1 atom stereocenters. The molecule has 0 saturated heterocycles. The summed E-state index contributed by atoms with van der Waals surface area (Å²) in [6.45, 7) is -0.766. The number of hydrogen-bond donors (Lipinski definition) is 3. The molecule has 1 aromatic rings. The zero-order chi connectivity index (χ0) is 12.7. The van der Waals surface area contributed by atoms with Crippen molar-refractivity contribution in [2.24, 2.45) is 0 Å². The molecule has 0 aliphatic rings. The van der Waals surface area contributed by atoms with Crippen LogP contribution in [0.5, 0.6) is 0 Å². The van der Waals surface area contributed by atoms with E-state index in [9.17, 15) is 4.79 Å². The molecule has 0 aliphatic carbocycles. The number of aliphatic hydroxyl groups excluding tert-OH is 1. The first kappa shape index (κ1) is 13.7. The molecular formula is C10H13BO6. The van der Waals surface area contributed by atoms with E-state index >= 15 is 0 Å². The molecule has 0 aromatic heterocycles. The third kappa shape index (κ3) is 4.96. The second-order valence-electron chi connectivity index (χ2n) is 3.24. The van der Waals surface area contributed by atoms with E-state index in [1.807, 2.05) is 0 Å². The SMILES string of the molecule is O=C(OC(CO)COB(O)O)c1ccccc1. The standard InChI is InChI=1S/C10H13BO6/c12-6-9(7-16-11(14)15)17-10(13)8-4-2-1-3-5-8/h1-5,9,12,14-15H,6-7H2. The summed E-state index contributed by atoms with van der Waals surface area (Å²) in [6, 6.07) is 8.25. The quantitative estimate of drug-likeness (QED) is 0.444. The molecule has 6 nitrogen and oxygen atoms in total. The maximum absolute atomic E-state index is 11.5. The number of esters is 1. The molecule has 0 radical (unpaired) electrons. The van der Waals surface area contributed by atoms with Gasteiger partial charge in [-0.05, 0) is 12.1 Å². The maximum Gasteiger partial charge on any atom is 0.634 e. The van der Waals surface area contributed by atoms with Gasteiger partial charge in [0, 0.05) is 0 Å². The predicted molar refractivity (Wildman–Crippen MR) is 58.9 cm³/mol. The minimum absolute atomic E-state index is 0.299. The van der Waals surface area contributed by atoms with Gasteiger partial charge in [-0.15, -0.1) is 0 Å². The third-order valence-corrected chi connectivity index (χ3v) is 1.92. The second kappa shape index (κ2) is 7.03. The van der Waals surface area contributed by atoms with Gasteiger partial charge in [-0.3, -0.25) is 0 Å². The minimum atomic E-state index is -1.96. The van der Waals surface area contributed by atoms with Gasteiger partial charge in [0.1, 0.15) is 6.10 Å². The van der Waals surface area contributed by atoms with Crippen LogP contribution in [-0.2, 0) is 9.39 Å². The van der Waals surface area contributed by atoms with Gasteiger partial charge in [-0.2, -0.15) is 0 Å². The summed E-state index contributed by atoms with van der Waals surface area (Å²) in [6.07, 6.45) is -0.940. The highest BCUT2D eigenvalue weighted by atomic mass is 16.6. The molecule has 0 amide bonds. The summed E-state index contributed by atoms with van der Waals surface area (Å²) in [5, 5.41) is 25.8. The molecule has 0 heterocycles. The van der Waals surface area contributed by atoms with Gasteiger partial charge in [0.25, 0.3) is 0 Å². The van der Waals surface area contributed by atoms with Crippen LogP contribution in [0.3, 0.4) is 0 Å². The lowest BCUT2D eigenvalue weighted by molar-refractivity contribution is -0.00822. The minimum Gasteiger partial charge on any atom is -0.454 e. The van der Waals surface area contributed by atoms with Crippen LogP contribution in [0.2, 0.25) is 0 Å². The number of hydrogen-bond acceptors (Lipinski definition) is 6. The highest BCUT2D eigenvalue weighted by Crippen LogP contribution is 2.04. The second-order valence-corrected chi connectivity index (χ2v) is 3.24. The Morgan fingerprint density at radius 2 is 1.94 bits per heavy atom. The van der Waals surface area contributed by atoms with Crippen molar-refractivity contribution in [1.82, 2.24) is 0 Å². The van der Waals surface area contributed by atoms with E-state index in [4.69, 9.17) is 19.9 Å². The van der Waals surface area contributed by atoms with Gasteiger partial charge < -0.3 is 24.5 Å². The molecule has 7 heteroatoms. The van der Waals surface area contributed by atoms with E-state index in [-0.39, 0.29) is 6.61 Å². The normalized spacial score (nSPS) is 11.9. The fourth-order valence-electron chi connectivity index (χ4n) is 1.11. The number of rotatable bonds is 6. The van der Waals surface area contributed by atoms with Crippen LogP contribution in [0.25, 0.3) is 0 Å². The van der Waals surface area contributed by atoms with Crippen LogP contribution in [-0.4, -0.2) is 47.8 Å². The molecule has 1 aromatic carbocycles. The average Bonchev–Trinajstić information content (AvgIpc) is 2.35. The third-order valence-electron chi connectivity index (χ3n) is 1.92. The van der Waals surface area contributed by atoms with Crippen LogP contribution in [0, 0.1) is 0 Å². The molecule has 0 bridgehead atoms. The van der Waals surface area contributed by atoms with Gasteiger partial charge in [0.2, 0.25) is 0 Å². The molecule has 0 saturated carbocycles. The van der Waals surface area contributed by atoms with Crippen molar-refractivity contribution in [3.63, 3.8) is 0 Å². The summed E-state index contributed by atoms with van der Waals surface area (Å²) in [7, 11) is -1.96. The number of carbonyl (C=O) groups excluding carboxylic acids is 1. The summed E-state index contributed by atoms with van der Waals surface area (Å²) >= 11 is 0. The largest absolute Gasteiger partial charge is 0.634 e. The van der Waals surface area contributed by atoms with Crippen LogP contribution in [0.15, 0.2) is 30.3 Å². The van der Waals surface area contributed by atoms with Crippen molar-refractivity contribution in [1.29, 1.82) is 0 Å². The summed E-state index contributed by atoms with van der Waals surface area (Å²) < 4.78 is 9.31. The first-order chi connectivity index (χ1) is 8.13. The molecule has 0 aliphatic heterocycles. The Kier molecular flexibility index (Phi) is 5.64. The number of aliphatic hydroxyl groups is 1. The van der Waals surface area contributed by atoms with Crippen molar-refractivity contribution in [3.8, 4) is 0 Å². The van der Waals surface area contributed by atoms with Gasteiger partial charge >= 0.3 is 13.3 Å². The molecule has 17 heavy (non-hydrogen) atoms. The molecule has 0 fully saturated rings. The molecule has 1 unspecified atom stereocenters. The average molecular weight is 240 g/mol. The van der Waals surface area contributed by atoms with E-state index in [1.165, 1.54) is 0 Å². The van der Waals surface area contributed by atoms with Crippen molar-refractivity contribution in [2.75, 3.05) is 13.2 Å². The summed E-state index contributed by atoms with van der Waals surface area (Å²) in [5.41, 5.74) is 0.343. The smallest absolute Gasteiger partial charge is 0.454 e. The summed E-state index contributed by atoms with van der Waals surface area (Å²) in [4.78, 5) is 11.5. The van der Waals surface area contributed by atoms with Crippen molar-refractivity contribution >= 4 is 13.3 Å². The van der Waals surface area contributed by atoms with E-state index in [1.54, 1.807) is 30.3 Å². The molecule has 1 rings (SSSR count). The lowest BCUT2D eigenvalue weighted by Crippen LogP contribution is -2.31. The Morgan fingerprint density at radius 1 is 1.29 bits per heavy atom. The lowest BCUT2D eigenvalue weighted by atomic mass is 10.2. The Morgan fingerprint density at radius 3 is 2.47 bits per heavy atom. The van der Waals surface area contributed by atoms with Crippen LogP contribution in [0.4, 0.5) is 0 Å². The van der Waals surface area contributed by atoms with E-state index in [2.05, 4.69) is 4.65 Å². The van der Waals surface area contributed by atoms with Gasteiger partial charge in [-0.25, -0.2) is 4.79 Å². The first-order valence-corrected chi connectivity index (χ1v) is 4.98. The zero-order valence-corrected chi connectivity index (χ0v) is 9.02. The zero-order valence-electron chi connectivity index (χ0n) is 9.02. The topological polar surface area (TPSA) is 96.2 Å². The van der Waals surface area contributed by atoms with Crippen LogP contribution >= 0.6 is 0 Å². The van der Waals surface area contributed by atoms with E-state index < -0.39 is 26.0 Å². The molecule has 0 spiro atoms. The fraction of sp³-hybridized carbons (Fsp3) is 0.300. The maximum atomic E-state index is 11.5. The number of benzene rings is 1. The highest BCUT2D eigenvalue weighted by molar-refractivity contribution is 6.32. The van der Waals surface area contributed by atoms with Gasteiger partial charge in [0.15, 0.2) is 0 Å². The van der Waals surface area contributed by atoms with Gasteiger partial charge in [0.05, 0.1) is 18.8 Å². The number of carbonyl (C=O) groups is 1. The Balaban J connectivity index is 2.48. The number of ether oxygens (including phenoxy) is 1. The molecule has 3 N–H and O–H groups in total. The van der Waals surface area contributed by atoms with E-state index in [0.717, 1.165) is 0 Å². The Hall–Kier alpha value is -1.41. The summed E-state index contributed by atoms with van der Waals surface area (Å²) in [5.74, 6) is -0.610. The monoisotopic (exact) mass is 240 g/mol. The Labute approximate surface area is 98.6 Å². The highest BCUT2D eigenvalue weighted by Gasteiger charge is 2.18. The first-order valence-electron chi connectivity index (χ1n) is 4.98. The van der Waals surface area contributed by atoms with E-state index in [0.29, 0.717) is 5.56 Å². The van der Waals surface area contributed by atoms with Crippen LogP contribution < -0.4 is 0 Å². The Bertz CT molecular complexity index is 342. The molecular weight excluding hydrogens is 227 g/mol. The lowest BCUT2D eigenvalue weighted by Gasteiger charge is -2.15. The van der Waals surface area contributed by atoms with Gasteiger partial charge in [-0.1, -0.05) is 18.2 Å². The van der Waals surface area contributed by atoms with Crippen molar-refractivity contribution in [3.05, 3.63) is 35.9 Å². The fourth-order valence-corrected chi connectivity index (χ4v) is 1.11. The van der Waals surface area contributed by atoms with Crippen LogP contribution in [0.1, 0.15) is 10.4 Å². The molecule has 92 valence electrons.